The molecule has 270 valence electrons. The first-order valence-electron chi connectivity index (χ1n) is 14.5. The Morgan fingerprint density at radius 2 is 0.717 bits per heavy atom. The minimum Gasteiger partial charge on any atom is -0.394 e. The summed E-state index contributed by atoms with van der Waals surface area (Å²) >= 11 is 0. The molecule has 4 saturated heterocycles. The van der Waals surface area contributed by atoms with E-state index in [0.29, 0.717) is 0 Å². The molecule has 0 bridgehead atoms. The summed E-state index contributed by atoms with van der Waals surface area (Å²) in [5, 5.41) is 134. The maximum Gasteiger partial charge on any atom is 0.187 e. The van der Waals surface area contributed by atoms with E-state index in [0.717, 1.165) is 0 Å². The highest BCUT2D eigenvalue weighted by molar-refractivity contribution is 4.97. The Labute approximate surface area is 261 Å². The third kappa shape index (κ3) is 7.50. The first-order chi connectivity index (χ1) is 21.8. The fourth-order valence-electron chi connectivity index (χ4n) is 5.72. The van der Waals surface area contributed by atoms with Crippen LogP contribution in [0, 0.1) is 0 Å². The molecule has 46 heavy (non-hydrogen) atoms. The van der Waals surface area contributed by atoms with Gasteiger partial charge in [-0.1, -0.05) is 0 Å². The lowest BCUT2D eigenvalue weighted by Gasteiger charge is -2.49. The monoisotopic (exact) mass is 680 g/mol. The topological polar surface area (TPSA) is 337 Å². The maximum atomic E-state index is 11.0. The Morgan fingerprint density at radius 3 is 1.17 bits per heavy atom. The molecule has 0 radical (unpaired) electrons. The van der Waals surface area contributed by atoms with Crippen LogP contribution in [0.1, 0.15) is 0 Å². The molecule has 4 rings (SSSR count). The van der Waals surface area contributed by atoms with Crippen molar-refractivity contribution in [2.24, 2.45) is 0 Å². The van der Waals surface area contributed by atoms with Crippen LogP contribution in [0.2, 0.25) is 0 Å². The average molecular weight is 681 g/mol. The van der Waals surface area contributed by atoms with Gasteiger partial charge >= 0.3 is 0 Å². The second-order valence-electron chi connectivity index (χ2n) is 11.4. The third-order valence-corrected chi connectivity index (χ3v) is 8.42. The summed E-state index contributed by atoms with van der Waals surface area (Å²) in [5.74, 6) is 0. The van der Waals surface area contributed by atoms with Gasteiger partial charge in [0.1, 0.15) is 97.7 Å². The van der Waals surface area contributed by atoms with Gasteiger partial charge < -0.3 is 104 Å². The van der Waals surface area contributed by atoms with E-state index in [9.17, 15) is 66.4 Å². The number of ether oxygens (including phenoxy) is 8. The lowest BCUT2D eigenvalue weighted by Crippen LogP contribution is -2.67. The second-order valence-corrected chi connectivity index (χ2v) is 11.4. The van der Waals surface area contributed by atoms with Crippen molar-refractivity contribution in [3.63, 3.8) is 0 Å². The minimum absolute atomic E-state index is 0.726. The molecule has 21 heteroatoms. The van der Waals surface area contributed by atoms with Crippen LogP contribution in [0.25, 0.3) is 0 Å². The zero-order valence-electron chi connectivity index (χ0n) is 24.5. The average Bonchev–Trinajstić information content (AvgIpc) is 3.05. The van der Waals surface area contributed by atoms with Crippen LogP contribution in [0.3, 0.4) is 0 Å². The highest BCUT2D eigenvalue weighted by atomic mass is 16.8. The molecule has 0 saturated carbocycles. The standard InChI is InChI=1S/C25H44O21/c1-39-22-16(36)13(33)19(8(4-28)42-22)44-24-17(37)14(34)20(9(5-29)43-24)45-25-18(38)21(11(31)7(3-27)41-25)46-23-15(35)12(32)10(30)6(2-26)40-23/h6-38H,2-5H2,1H3/t6-,7-,8-,9-,10-,11-,12+,13-,14-,15-,16-,17-,18-,19-,20-,21+,22-,23+,24+,25+/m1/s1. The molecule has 0 aromatic rings. The molecular weight excluding hydrogens is 636 g/mol. The summed E-state index contributed by atoms with van der Waals surface area (Å²) in [4.78, 5) is 0. The highest BCUT2D eigenvalue weighted by Crippen LogP contribution is 2.34. The third-order valence-electron chi connectivity index (χ3n) is 8.42. The number of methoxy groups -OCH3 is 1. The van der Waals surface area contributed by atoms with E-state index in [-0.39, 0.29) is 0 Å². The molecule has 4 aliphatic rings. The van der Waals surface area contributed by atoms with Crippen molar-refractivity contribution in [1.82, 2.24) is 0 Å². The Morgan fingerprint density at radius 1 is 0.370 bits per heavy atom. The lowest BCUT2D eigenvalue weighted by molar-refractivity contribution is -0.388. The van der Waals surface area contributed by atoms with E-state index in [2.05, 4.69) is 0 Å². The molecular formula is C25H44O21. The first kappa shape index (κ1) is 38.0. The molecule has 0 unspecified atom stereocenters. The van der Waals surface area contributed by atoms with E-state index >= 15 is 0 Å². The highest BCUT2D eigenvalue weighted by Gasteiger charge is 2.55. The maximum absolute atomic E-state index is 11.0. The van der Waals surface area contributed by atoms with Crippen molar-refractivity contribution >= 4 is 0 Å². The van der Waals surface area contributed by atoms with Gasteiger partial charge in [0.15, 0.2) is 25.2 Å². The van der Waals surface area contributed by atoms with Crippen molar-refractivity contribution in [3.05, 3.63) is 0 Å². The summed E-state index contributed by atoms with van der Waals surface area (Å²) < 4.78 is 43.2. The van der Waals surface area contributed by atoms with Crippen LogP contribution in [0.4, 0.5) is 0 Å². The molecule has 0 spiro atoms. The van der Waals surface area contributed by atoms with E-state index in [1.165, 1.54) is 7.11 Å². The van der Waals surface area contributed by atoms with Crippen LogP contribution in [0.5, 0.6) is 0 Å². The quantitative estimate of drug-likeness (QED) is 0.0963. The molecule has 20 atom stereocenters. The van der Waals surface area contributed by atoms with Gasteiger partial charge in [-0.15, -0.1) is 0 Å². The molecule has 21 nitrogen and oxygen atoms in total. The Balaban J connectivity index is 1.48. The number of aliphatic hydroxyl groups is 13. The summed E-state index contributed by atoms with van der Waals surface area (Å²) in [5.41, 5.74) is 0. The van der Waals surface area contributed by atoms with Crippen LogP contribution in [0.15, 0.2) is 0 Å². The zero-order valence-corrected chi connectivity index (χ0v) is 24.5. The fourth-order valence-corrected chi connectivity index (χ4v) is 5.72. The van der Waals surface area contributed by atoms with Crippen LogP contribution >= 0.6 is 0 Å². The molecule has 0 aromatic carbocycles. The minimum atomic E-state index is -2.00. The van der Waals surface area contributed by atoms with Crippen molar-refractivity contribution < 1.29 is 104 Å². The van der Waals surface area contributed by atoms with Crippen LogP contribution in [-0.4, -0.2) is 223 Å². The van der Waals surface area contributed by atoms with Gasteiger partial charge in [0.25, 0.3) is 0 Å². The van der Waals surface area contributed by atoms with Crippen LogP contribution in [-0.2, 0) is 37.9 Å². The Hall–Kier alpha value is -0.840. The summed E-state index contributed by atoms with van der Waals surface area (Å²) in [6, 6.07) is 0. The van der Waals surface area contributed by atoms with Gasteiger partial charge in [-0.3, -0.25) is 0 Å². The Bertz CT molecular complexity index is 928. The Kier molecular flexibility index (Phi) is 13.4. The molecule has 0 aliphatic carbocycles. The summed E-state index contributed by atoms with van der Waals surface area (Å²) in [6.45, 7) is -3.29. The normalized spacial score (nSPS) is 52.0. The SMILES string of the molecule is CO[C@@H]1O[C@H](CO)[C@@H](O[C@@H]2O[C@H](CO)[C@@H](O[C@@H]3O[C@H](CO)[C@@H](O)[C@H](O[C@@H]4O[C@H](CO)[C@@H](O)[C@H](O)[C@H]4O)[C@H]3O)[C@H](O)[C@H]2O)[C@H](O)[C@H]1O. The van der Waals surface area contributed by atoms with Gasteiger partial charge in [-0.05, 0) is 0 Å². The van der Waals surface area contributed by atoms with Gasteiger partial charge in [0, 0.05) is 7.11 Å². The summed E-state index contributed by atoms with van der Waals surface area (Å²) in [7, 11) is 1.19. The fraction of sp³-hybridized carbons (Fsp3) is 1.00. The molecule has 4 heterocycles. The van der Waals surface area contributed by atoms with E-state index in [1.54, 1.807) is 0 Å². The van der Waals surface area contributed by atoms with Crippen molar-refractivity contribution in [2.45, 2.75) is 123 Å². The van der Waals surface area contributed by atoms with Gasteiger partial charge in [-0.25, -0.2) is 0 Å². The largest absolute Gasteiger partial charge is 0.394 e. The van der Waals surface area contributed by atoms with Crippen molar-refractivity contribution in [1.29, 1.82) is 0 Å². The lowest BCUT2D eigenvalue weighted by atomic mass is 9.95. The second kappa shape index (κ2) is 16.2. The van der Waals surface area contributed by atoms with E-state index < -0.39 is 149 Å². The van der Waals surface area contributed by atoms with Gasteiger partial charge in [0.05, 0.1) is 26.4 Å². The van der Waals surface area contributed by atoms with Gasteiger partial charge in [-0.2, -0.15) is 0 Å². The smallest absolute Gasteiger partial charge is 0.187 e. The van der Waals surface area contributed by atoms with E-state index in [4.69, 9.17) is 37.9 Å². The van der Waals surface area contributed by atoms with Gasteiger partial charge in [0.2, 0.25) is 0 Å². The number of aliphatic hydroxyl groups excluding tert-OH is 13. The molecule has 0 aromatic heterocycles. The first-order valence-corrected chi connectivity index (χ1v) is 14.5. The molecule has 4 aliphatic heterocycles. The zero-order chi connectivity index (χ0) is 34.0. The van der Waals surface area contributed by atoms with Crippen LogP contribution < -0.4 is 0 Å². The number of hydrogen-bond acceptors (Lipinski definition) is 21. The van der Waals surface area contributed by atoms with Crippen molar-refractivity contribution in [3.8, 4) is 0 Å². The molecule has 4 fully saturated rings. The number of rotatable bonds is 11. The predicted octanol–water partition coefficient (Wildman–Crippen LogP) is -9.09. The van der Waals surface area contributed by atoms with E-state index in [1.807, 2.05) is 0 Å². The summed E-state index contributed by atoms with van der Waals surface area (Å²) in [6.07, 6.45) is -34.3. The predicted molar refractivity (Wildman–Crippen MR) is 139 cm³/mol. The molecule has 0 amide bonds. The molecule has 13 N–H and O–H groups in total. The van der Waals surface area contributed by atoms with Crippen molar-refractivity contribution in [2.75, 3.05) is 33.5 Å². The number of hydrogen-bond donors (Lipinski definition) is 13.